The van der Waals surface area contributed by atoms with Gasteiger partial charge in [-0.1, -0.05) is 11.8 Å². The van der Waals surface area contributed by atoms with Gasteiger partial charge >= 0.3 is 5.97 Å². The Balaban J connectivity index is 0.00000196. The predicted molar refractivity (Wildman–Crippen MR) is 53.1 cm³/mol. The van der Waals surface area contributed by atoms with Crippen molar-refractivity contribution in [3.8, 4) is 5.75 Å². The number of hydrogen-bond donors (Lipinski definition) is 3. The zero-order valence-corrected chi connectivity index (χ0v) is 8.40. The molecule has 0 aliphatic rings. The van der Waals surface area contributed by atoms with Gasteiger partial charge in [0.05, 0.1) is 5.56 Å². The van der Waals surface area contributed by atoms with E-state index >= 15 is 0 Å². The monoisotopic (exact) mass is 212 g/mol. The molecule has 1 aromatic carbocycles. The van der Waals surface area contributed by atoms with Crippen LogP contribution in [0.15, 0.2) is 18.2 Å². The number of carboxylic acid groups (broad SMARTS) is 1. The predicted octanol–water partition coefficient (Wildman–Crippen LogP) is 0.793. The van der Waals surface area contributed by atoms with Crippen molar-refractivity contribution in [1.82, 2.24) is 6.15 Å². The molecule has 0 aliphatic carbocycles. The molecule has 0 aromatic heterocycles. The summed E-state index contributed by atoms with van der Waals surface area (Å²) in [6.07, 6.45) is 0. The molecule has 6 heteroatoms. The Bertz CT molecular complexity index is 390. The van der Waals surface area contributed by atoms with Crippen LogP contribution in [0.3, 0.4) is 0 Å². The van der Waals surface area contributed by atoms with Crippen molar-refractivity contribution in [3.05, 3.63) is 23.8 Å². The van der Waals surface area contributed by atoms with Gasteiger partial charge in [0.15, 0.2) is 0 Å². The molecular weight excluding hydrogens is 200 g/mol. The molecule has 82 valence electrons. The van der Waals surface area contributed by atoms with Gasteiger partial charge in [0.1, 0.15) is 0 Å². The van der Waals surface area contributed by atoms with Crippen LogP contribution in [0.5, 0.6) is 5.75 Å². The van der Waals surface area contributed by atoms with E-state index in [9.17, 15) is 14.7 Å². The van der Waals surface area contributed by atoms with Crippen molar-refractivity contribution in [2.75, 3.05) is 5.32 Å². The summed E-state index contributed by atoms with van der Waals surface area (Å²) in [5, 5.41) is 22.0. The first-order valence-corrected chi connectivity index (χ1v) is 3.82. The van der Waals surface area contributed by atoms with Gasteiger partial charge < -0.3 is 21.7 Å². The molecule has 0 radical (unpaired) electrons. The molecule has 0 atom stereocenters. The third kappa shape index (κ3) is 3.28. The highest BCUT2D eigenvalue weighted by Crippen LogP contribution is 2.18. The molecule has 15 heavy (non-hydrogen) atoms. The molecule has 0 spiro atoms. The first-order valence-electron chi connectivity index (χ1n) is 3.82. The summed E-state index contributed by atoms with van der Waals surface area (Å²) in [5.74, 6) is -2.20. The van der Waals surface area contributed by atoms with E-state index in [-0.39, 0.29) is 17.6 Å². The average molecular weight is 212 g/mol. The molecular formula is C9H12N2O4. The number of hydrogen-bond acceptors (Lipinski definition) is 3. The summed E-state index contributed by atoms with van der Waals surface area (Å²) < 4.78 is 0. The van der Waals surface area contributed by atoms with E-state index in [1.165, 1.54) is 13.0 Å². The number of quaternary nitrogens is 1. The lowest BCUT2D eigenvalue weighted by Gasteiger charge is -2.11. The van der Waals surface area contributed by atoms with E-state index in [0.29, 0.717) is 5.69 Å². The molecule has 0 saturated heterocycles. The van der Waals surface area contributed by atoms with Crippen LogP contribution in [0, 0.1) is 0 Å². The van der Waals surface area contributed by atoms with E-state index in [4.69, 9.17) is 5.11 Å². The minimum Gasteiger partial charge on any atom is -0.872 e. The molecule has 0 bridgehead atoms. The third-order valence-electron chi connectivity index (χ3n) is 1.53. The minimum absolute atomic E-state index is 0. The lowest BCUT2D eigenvalue weighted by molar-refractivity contribution is -0.268. The highest BCUT2D eigenvalue weighted by molar-refractivity contribution is 5.94. The fourth-order valence-corrected chi connectivity index (χ4v) is 0.978. The Labute approximate surface area is 86.1 Å². The SMILES string of the molecule is CC(=O)Nc1ccc([O-])c(C(=O)O)c1.[NH4+]. The van der Waals surface area contributed by atoms with Crippen molar-refractivity contribution in [1.29, 1.82) is 0 Å². The number of nitrogens with one attached hydrogen (secondary N) is 1. The molecule has 0 fully saturated rings. The molecule has 6 nitrogen and oxygen atoms in total. The van der Waals surface area contributed by atoms with Crippen LogP contribution < -0.4 is 16.6 Å². The summed E-state index contributed by atoms with van der Waals surface area (Å²) in [6.45, 7) is 1.30. The summed E-state index contributed by atoms with van der Waals surface area (Å²) in [7, 11) is 0. The number of amides is 1. The van der Waals surface area contributed by atoms with Crippen LogP contribution in [-0.4, -0.2) is 17.0 Å². The summed E-state index contributed by atoms with van der Waals surface area (Å²) >= 11 is 0. The van der Waals surface area contributed by atoms with Gasteiger partial charge in [-0.15, -0.1) is 0 Å². The number of carbonyl (C=O) groups excluding carboxylic acids is 1. The Hall–Kier alpha value is -2.08. The van der Waals surface area contributed by atoms with Crippen LogP contribution in [0.25, 0.3) is 0 Å². The molecule has 0 saturated carbocycles. The van der Waals surface area contributed by atoms with E-state index in [1.807, 2.05) is 0 Å². The quantitative estimate of drug-likeness (QED) is 0.669. The maximum atomic E-state index is 11.0. The maximum Gasteiger partial charge on any atom is 0.335 e. The Morgan fingerprint density at radius 2 is 2.00 bits per heavy atom. The molecule has 1 rings (SSSR count). The van der Waals surface area contributed by atoms with E-state index in [0.717, 1.165) is 12.1 Å². The zero-order valence-electron chi connectivity index (χ0n) is 8.40. The first kappa shape index (κ1) is 12.9. The molecule has 0 unspecified atom stereocenters. The fraction of sp³-hybridized carbons (Fsp3) is 0.111. The minimum atomic E-state index is -1.30. The average Bonchev–Trinajstić information content (AvgIpc) is 2.07. The number of carboxylic acids is 1. The number of anilines is 1. The van der Waals surface area contributed by atoms with Crippen molar-refractivity contribution in [2.45, 2.75) is 6.92 Å². The van der Waals surface area contributed by atoms with Gasteiger partial charge in [0, 0.05) is 12.6 Å². The Kier molecular flexibility index (Phi) is 4.28. The van der Waals surface area contributed by atoms with Crippen molar-refractivity contribution >= 4 is 17.6 Å². The zero-order chi connectivity index (χ0) is 10.7. The van der Waals surface area contributed by atoms with Crippen molar-refractivity contribution < 1.29 is 19.8 Å². The van der Waals surface area contributed by atoms with Gasteiger partial charge in [0.2, 0.25) is 5.91 Å². The number of carbonyl (C=O) groups is 2. The molecule has 6 N–H and O–H groups in total. The van der Waals surface area contributed by atoms with E-state index in [2.05, 4.69) is 5.32 Å². The normalized spacial score (nSPS) is 8.87. The summed E-state index contributed by atoms with van der Waals surface area (Å²) in [5.41, 5.74) is -0.0502. The Morgan fingerprint density at radius 1 is 1.40 bits per heavy atom. The second-order valence-corrected chi connectivity index (χ2v) is 2.70. The van der Waals surface area contributed by atoms with Crippen LogP contribution in [0.1, 0.15) is 17.3 Å². The largest absolute Gasteiger partial charge is 0.872 e. The molecule has 1 aromatic rings. The second-order valence-electron chi connectivity index (χ2n) is 2.70. The van der Waals surface area contributed by atoms with Gasteiger partial charge in [-0.2, -0.15) is 0 Å². The first-order chi connectivity index (χ1) is 6.50. The van der Waals surface area contributed by atoms with Gasteiger partial charge in [-0.25, -0.2) is 4.79 Å². The van der Waals surface area contributed by atoms with Crippen LogP contribution in [0.4, 0.5) is 5.69 Å². The number of rotatable bonds is 2. The lowest BCUT2D eigenvalue weighted by atomic mass is 10.2. The molecule has 1 amide bonds. The smallest absolute Gasteiger partial charge is 0.335 e. The lowest BCUT2D eigenvalue weighted by Crippen LogP contribution is -2.09. The van der Waals surface area contributed by atoms with Gasteiger partial charge in [-0.3, -0.25) is 4.79 Å². The van der Waals surface area contributed by atoms with E-state index in [1.54, 1.807) is 0 Å². The fourth-order valence-electron chi connectivity index (χ4n) is 0.978. The standard InChI is InChI=1S/C9H9NO4.H3N/c1-5(11)10-6-2-3-8(12)7(4-6)9(13)14;/h2-4,12H,1H3,(H,10,11)(H,13,14);1H3. The van der Waals surface area contributed by atoms with Crippen molar-refractivity contribution in [2.24, 2.45) is 0 Å². The number of aromatic carboxylic acids is 1. The molecule has 0 heterocycles. The summed E-state index contributed by atoms with van der Waals surface area (Å²) in [6, 6.07) is 3.59. The van der Waals surface area contributed by atoms with Crippen LogP contribution in [-0.2, 0) is 4.79 Å². The van der Waals surface area contributed by atoms with Crippen LogP contribution >= 0.6 is 0 Å². The topological polar surface area (TPSA) is 126 Å². The van der Waals surface area contributed by atoms with Crippen LogP contribution in [0.2, 0.25) is 0 Å². The van der Waals surface area contributed by atoms with Crippen molar-refractivity contribution in [3.63, 3.8) is 0 Å². The molecule has 0 aliphatic heterocycles. The maximum absolute atomic E-state index is 11.0. The third-order valence-corrected chi connectivity index (χ3v) is 1.53. The van der Waals surface area contributed by atoms with E-state index < -0.39 is 11.7 Å². The number of benzene rings is 1. The summed E-state index contributed by atoms with van der Waals surface area (Å²) in [4.78, 5) is 21.2. The highest BCUT2D eigenvalue weighted by Gasteiger charge is 2.05. The Morgan fingerprint density at radius 3 is 2.47 bits per heavy atom. The van der Waals surface area contributed by atoms with Gasteiger partial charge in [-0.05, 0) is 12.1 Å². The van der Waals surface area contributed by atoms with Gasteiger partial charge in [0.25, 0.3) is 0 Å². The second kappa shape index (κ2) is 4.97. The highest BCUT2D eigenvalue weighted by atomic mass is 16.4.